The van der Waals surface area contributed by atoms with Crippen LogP contribution in [0.4, 0.5) is 13.2 Å². The fraction of sp³-hybridized carbons (Fsp3) is 0.600. The molecule has 1 aliphatic rings. The van der Waals surface area contributed by atoms with Gasteiger partial charge in [-0.2, -0.15) is 13.2 Å². The number of aromatic nitrogens is 2. The maximum absolute atomic E-state index is 12.8. The highest BCUT2D eigenvalue weighted by Gasteiger charge is 2.37. The lowest BCUT2D eigenvalue weighted by Gasteiger charge is -2.20. The molecule has 0 radical (unpaired) electrons. The van der Waals surface area contributed by atoms with Gasteiger partial charge in [0.2, 0.25) is 0 Å². The summed E-state index contributed by atoms with van der Waals surface area (Å²) in [5.74, 6) is 0.271. The van der Waals surface area contributed by atoms with Crippen LogP contribution in [-0.4, -0.2) is 16.5 Å². The molecule has 0 aromatic carbocycles. The van der Waals surface area contributed by atoms with Crippen molar-refractivity contribution in [2.24, 2.45) is 0 Å². The quantitative estimate of drug-likeness (QED) is 0.799. The molecule has 0 saturated carbocycles. The summed E-state index contributed by atoms with van der Waals surface area (Å²) in [7, 11) is 0. The minimum Gasteiger partial charge on any atom is -0.312 e. The third-order valence-corrected chi connectivity index (χ3v) is 2.56. The number of hydrogen-bond donors (Lipinski definition) is 1. The van der Waals surface area contributed by atoms with Crippen molar-refractivity contribution in [3.63, 3.8) is 0 Å². The van der Waals surface area contributed by atoms with Gasteiger partial charge >= 0.3 is 6.18 Å². The van der Waals surface area contributed by atoms with Crippen molar-refractivity contribution in [3.05, 3.63) is 22.8 Å². The third-order valence-electron chi connectivity index (χ3n) is 2.56. The maximum atomic E-state index is 12.8. The fourth-order valence-electron chi connectivity index (χ4n) is 1.79. The molecule has 16 heavy (non-hydrogen) atoms. The Morgan fingerprint density at radius 2 is 2.06 bits per heavy atom. The molecule has 2 heterocycles. The van der Waals surface area contributed by atoms with Crippen molar-refractivity contribution in [1.29, 1.82) is 0 Å². The maximum Gasteiger partial charge on any atom is 0.433 e. The van der Waals surface area contributed by atoms with E-state index in [0.717, 1.165) is 0 Å². The number of aryl methyl sites for hydroxylation is 1. The standard InChI is InChI=1S/C10H12F3N3/c1-2-8-15-7-3-4-14-5-6(7)9(16-8)10(11,12)13/h14H,2-5H2,1H3. The van der Waals surface area contributed by atoms with Gasteiger partial charge in [0, 0.05) is 31.5 Å². The van der Waals surface area contributed by atoms with Crippen LogP contribution in [0.2, 0.25) is 0 Å². The van der Waals surface area contributed by atoms with E-state index < -0.39 is 11.9 Å². The molecule has 3 nitrogen and oxygen atoms in total. The number of rotatable bonds is 1. The molecule has 0 aliphatic carbocycles. The molecule has 1 aromatic heterocycles. The minimum atomic E-state index is -4.39. The van der Waals surface area contributed by atoms with Crippen LogP contribution >= 0.6 is 0 Å². The van der Waals surface area contributed by atoms with E-state index in [-0.39, 0.29) is 17.9 Å². The normalized spacial score (nSPS) is 16.0. The summed E-state index contributed by atoms with van der Waals surface area (Å²) in [5.41, 5.74) is -0.0320. The van der Waals surface area contributed by atoms with Crippen molar-refractivity contribution in [2.75, 3.05) is 6.54 Å². The van der Waals surface area contributed by atoms with E-state index in [1.165, 1.54) is 0 Å². The summed E-state index contributed by atoms with van der Waals surface area (Å²) in [6.07, 6.45) is -3.44. The molecule has 0 amide bonds. The van der Waals surface area contributed by atoms with Crippen LogP contribution in [0.1, 0.15) is 29.7 Å². The molecule has 6 heteroatoms. The van der Waals surface area contributed by atoms with Gasteiger partial charge in [-0.05, 0) is 0 Å². The van der Waals surface area contributed by atoms with Gasteiger partial charge in [-0.25, -0.2) is 9.97 Å². The molecule has 0 unspecified atom stereocenters. The van der Waals surface area contributed by atoms with Crippen molar-refractivity contribution < 1.29 is 13.2 Å². The smallest absolute Gasteiger partial charge is 0.312 e. The molecule has 0 saturated heterocycles. The largest absolute Gasteiger partial charge is 0.433 e. The van der Waals surface area contributed by atoms with Gasteiger partial charge in [-0.3, -0.25) is 0 Å². The van der Waals surface area contributed by atoms with Crippen molar-refractivity contribution >= 4 is 0 Å². The SMILES string of the molecule is CCc1nc2c(c(C(F)(F)F)n1)CNCC2. The highest BCUT2D eigenvalue weighted by Crippen LogP contribution is 2.32. The number of nitrogens with zero attached hydrogens (tertiary/aromatic N) is 2. The van der Waals surface area contributed by atoms with E-state index in [0.29, 0.717) is 25.1 Å². The molecule has 88 valence electrons. The Balaban J connectivity index is 2.56. The molecule has 1 N–H and O–H groups in total. The summed E-state index contributed by atoms with van der Waals surface area (Å²) >= 11 is 0. The third kappa shape index (κ3) is 2.02. The first-order valence-electron chi connectivity index (χ1n) is 5.19. The van der Waals surface area contributed by atoms with Crippen molar-refractivity contribution in [1.82, 2.24) is 15.3 Å². The molecular weight excluding hydrogens is 219 g/mol. The van der Waals surface area contributed by atoms with Crippen LogP contribution in [0.3, 0.4) is 0 Å². The summed E-state index contributed by atoms with van der Waals surface area (Å²) in [6.45, 7) is 2.63. The Labute approximate surface area is 91.1 Å². The first-order valence-corrected chi connectivity index (χ1v) is 5.19. The Bertz CT molecular complexity index is 401. The molecule has 0 fully saturated rings. The van der Waals surface area contributed by atoms with Gasteiger partial charge < -0.3 is 5.32 Å². The lowest BCUT2D eigenvalue weighted by molar-refractivity contribution is -0.142. The highest BCUT2D eigenvalue weighted by molar-refractivity contribution is 5.30. The van der Waals surface area contributed by atoms with Gasteiger partial charge in [-0.1, -0.05) is 6.92 Å². The van der Waals surface area contributed by atoms with Gasteiger partial charge in [0.05, 0.1) is 5.69 Å². The summed E-state index contributed by atoms with van der Waals surface area (Å²) in [6, 6.07) is 0. The van der Waals surface area contributed by atoms with E-state index in [9.17, 15) is 13.2 Å². The number of alkyl halides is 3. The van der Waals surface area contributed by atoms with Crippen LogP contribution in [-0.2, 0) is 25.6 Å². The lowest BCUT2D eigenvalue weighted by Crippen LogP contribution is -2.29. The lowest BCUT2D eigenvalue weighted by atomic mass is 10.0. The zero-order valence-electron chi connectivity index (χ0n) is 8.86. The van der Waals surface area contributed by atoms with E-state index >= 15 is 0 Å². The first kappa shape index (κ1) is 11.3. The molecule has 0 atom stereocenters. The minimum absolute atomic E-state index is 0.203. The molecular formula is C10H12F3N3. The van der Waals surface area contributed by atoms with Gasteiger partial charge in [0.25, 0.3) is 0 Å². The Morgan fingerprint density at radius 3 is 2.69 bits per heavy atom. The first-order chi connectivity index (χ1) is 7.52. The van der Waals surface area contributed by atoms with E-state index in [1.807, 2.05) is 0 Å². The predicted octanol–water partition coefficient (Wildman–Crippen LogP) is 1.70. The number of nitrogens with one attached hydrogen (secondary N) is 1. The molecule has 0 spiro atoms. The second-order valence-electron chi connectivity index (χ2n) is 3.69. The Hall–Kier alpha value is -1.17. The van der Waals surface area contributed by atoms with Crippen LogP contribution in [0, 0.1) is 0 Å². The second-order valence-corrected chi connectivity index (χ2v) is 3.69. The Kier molecular flexibility index (Phi) is 2.84. The van der Waals surface area contributed by atoms with Crippen LogP contribution < -0.4 is 5.32 Å². The summed E-state index contributed by atoms with van der Waals surface area (Å²) in [5, 5.41) is 2.91. The molecule has 0 bridgehead atoms. The van der Waals surface area contributed by atoms with E-state index in [1.54, 1.807) is 6.92 Å². The summed E-state index contributed by atoms with van der Waals surface area (Å²) in [4.78, 5) is 7.75. The van der Waals surface area contributed by atoms with Gasteiger partial charge in [-0.15, -0.1) is 0 Å². The monoisotopic (exact) mass is 231 g/mol. The topological polar surface area (TPSA) is 37.8 Å². The highest BCUT2D eigenvalue weighted by atomic mass is 19.4. The van der Waals surface area contributed by atoms with Gasteiger partial charge in [0.1, 0.15) is 5.82 Å². The van der Waals surface area contributed by atoms with Crippen molar-refractivity contribution in [3.8, 4) is 0 Å². The molecule has 1 aromatic rings. The zero-order chi connectivity index (χ0) is 11.8. The zero-order valence-corrected chi connectivity index (χ0v) is 8.86. The van der Waals surface area contributed by atoms with E-state index in [4.69, 9.17) is 0 Å². The average molecular weight is 231 g/mol. The van der Waals surface area contributed by atoms with E-state index in [2.05, 4.69) is 15.3 Å². The molecule has 2 rings (SSSR count). The predicted molar refractivity (Wildman–Crippen MR) is 51.8 cm³/mol. The van der Waals surface area contributed by atoms with Crippen LogP contribution in [0.15, 0.2) is 0 Å². The van der Waals surface area contributed by atoms with Crippen molar-refractivity contribution in [2.45, 2.75) is 32.5 Å². The van der Waals surface area contributed by atoms with Crippen LogP contribution in [0.25, 0.3) is 0 Å². The van der Waals surface area contributed by atoms with Gasteiger partial charge in [0.15, 0.2) is 5.69 Å². The fourth-order valence-corrected chi connectivity index (χ4v) is 1.79. The Morgan fingerprint density at radius 1 is 1.31 bits per heavy atom. The number of fused-ring (bicyclic) bond motifs is 1. The second kappa shape index (κ2) is 4.01. The number of halogens is 3. The molecule has 1 aliphatic heterocycles. The number of hydrogen-bond acceptors (Lipinski definition) is 3. The average Bonchev–Trinajstić information content (AvgIpc) is 2.26. The van der Waals surface area contributed by atoms with Crippen LogP contribution in [0.5, 0.6) is 0 Å². The summed E-state index contributed by atoms with van der Waals surface area (Å²) < 4.78 is 38.3.